The molecule has 0 aliphatic heterocycles. The summed E-state index contributed by atoms with van der Waals surface area (Å²) in [4.78, 5) is 0. The Kier molecular flexibility index (Phi) is 8.36. The van der Waals surface area contributed by atoms with Gasteiger partial charge < -0.3 is 9.47 Å². The second kappa shape index (κ2) is 10.2. The standard InChI is InChI=1S/C18H24O2/c1-4-10-16(11-5-2)14-19-18(6-3)20-15-17-12-8-7-9-13-17/h4-5,7-13,18H,1,6,14-15H2,2-3H3/b11-5-,16-10+. The Hall–Kier alpha value is -1.64. The highest BCUT2D eigenvalue weighted by atomic mass is 16.7. The SMILES string of the molecule is C=C/C=C(\C=C/C)COC(CC)OCc1ccccc1. The lowest BCUT2D eigenvalue weighted by Crippen LogP contribution is -2.17. The van der Waals surface area contributed by atoms with Gasteiger partial charge in [-0.3, -0.25) is 0 Å². The highest BCUT2D eigenvalue weighted by Gasteiger charge is 2.07. The van der Waals surface area contributed by atoms with Crippen molar-refractivity contribution >= 4 is 0 Å². The highest BCUT2D eigenvalue weighted by Crippen LogP contribution is 2.09. The Labute approximate surface area is 122 Å². The smallest absolute Gasteiger partial charge is 0.158 e. The van der Waals surface area contributed by atoms with Crippen molar-refractivity contribution in [1.82, 2.24) is 0 Å². The minimum atomic E-state index is -0.186. The van der Waals surface area contributed by atoms with Crippen LogP contribution in [0.25, 0.3) is 0 Å². The average Bonchev–Trinajstić information content (AvgIpc) is 2.49. The molecule has 1 aromatic carbocycles. The molecular formula is C18H24O2. The van der Waals surface area contributed by atoms with Crippen LogP contribution in [0, 0.1) is 0 Å². The fraction of sp³-hybridized carbons (Fsp3) is 0.333. The van der Waals surface area contributed by atoms with E-state index in [2.05, 4.69) is 25.6 Å². The minimum Gasteiger partial charge on any atom is -0.348 e. The first-order valence-electron chi connectivity index (χ1n) is 7.01. The summed E-state index contributed by atoms with van der Waals surface area (Å²) in [6, 6.07) is 10.1. The molecule has 0 aliphatic carbocycles. The van der Waals surface area contributed by atoms with Gasteiger partial charge in [-0.25, -0.2) is 0 Å². The van der Waals surface area contributed by atoms with Crippen molar-refractivity contribution in [1.29, 1.82) is 0 Å². The van der Waals surface area contributed by atoms with Crippen LogP contribution >= 0.6 is 0 Å². The first-order chi connectivity index (χ1) is 9.80. The molecule has 0 heterocycles. The third-order valence-corrected chi connectivity index (χ3v) is 2.76. The van der Waals surface area contributed by atoms with Crippen molar-refractivity contribution in [3.05, 3.63) is 72.4 Å². The van der Waals surface area contributed by atoms with Gasteiger partial charge in [-0.05, 0) is 24.5 Å². The number of benzene rings is 1. The Morgan fingerprint density at radius 2 is 2.00 bits per heavy atom. The topological polar surface area (TPSA) is 18.5 Å². The van der Waals surface area contributed by atoms with E-state index in [1.807, 2.05) is 43.4 Å². The summed E-state index contributed by atoms with van der Waals surface area (Å²) >= 11 is 0. The van der Waals surface area contributed by atoms with E-state index in [4.69, 9.17) is 9.47 Å². The average molecular weight is 272 g/mol. The summed E-state index contributed by atoms with van der Waals surface area (Å²) in [5, 5.41) is 0. The van der Waals surface area contributed by atoms with Crippen LogP contribution in [0.2, 0.25) is 0 Å². The molecule has 0 aliphatic rings. The van der Waals surface area contributed by atoms with Gasteiger partial charge in [0, 0.05) is 0 Å². The molecule has 2 heteroatoms. The van der Waals surface area contributed by atoms with Crippen LogP contribution in [-0.2, 0) is 16.1 Å². The van der Waals surface area contributed by atoms with Crippen LogP contribution in [0.15, 0.2) is 66.8 Å². The van der Waals surface area contributed by atoms with Crippen LogP contribution < -0.4 is 0 Å². The second-order valence-electron chi connectivity index (χ2n) is 4.42. The van der Waals surface area contributed by atoms with Crippen molar-refractivity contribution in [2.45, 2.75) is 33.2 Å². The number of hydrogen-bond donors (Lipinski definition) is 0. The normalized spacial score (nSPS) is 13.6. The van der Waals surface area contributed by atoms with E-state index in [1.165, 1.54) is 0 Å². The lowest BCUT2D eigenvalue weighted by Gasteiger charge is -2.17. The fourth-order valence-electron chi connectivity index (χ4n) is 1.75. The summed E-state index contributed by atoms with van der Waals surface area (Å²) in [6.07, 6.45) is 8.36. The van der Waals surface area contributed by atoms with Gasteiger partial charge in [0.25, 0.3) is 0 Å². The Morgan fingerprint density at radius 3 is 2.60 bits per heavy atom. The highest BCUT2D eigenvalue weighted by molar-refractivity contribution is 5.23. The maximum absolute atomic E-state index is 5.79. The molecule has 0 bridgehead atoms. The summed E-state index contributed by atoms with van der Waals surface area (Å²) in [7, 11) is 0. The van der Waals surface area contributed by atoms with Crippen molar-refractivity contribution in [2.24, 2.45) is 0 Å². The van der Waals surface area contributed by atoms with Crippen molar-refractivity contribution < 1.29 is 9.47 Å². The van der Waals surface area contributed by atoms with Gasteiger partial charge >= 0.3 is 0 Å². The molecule has 2 nitrogen and oxygen atoms in total. The lowest BCUT2D eigenvalue weighted by molar-refractivity contribution is -0.144. The maximum Gasteiger partial charge on any atom is 0.158 e. The second-order valence-corrected chi connectivity index (χ2v) is 4.42. The lowest BCUT2D eigenvalue weighted by atomic mass is 10.2. The molecule has 108 valence electrons. The van der Waals surface area contributed by atoms with Crippen LogP contribution in [0.1, 0.15) is 25.8 Å². The monoisotopic (exact) mass is 272 g/mol. The zero-order chi connectivity index (χ0) is 14.6. The molecule has 0 fully saturated rings. The quantitative estimate of drug-likeness (QED) is 0.481. The third-order valence-electron chi connectivity index (χ3n) is 2.76. The molecule has 1 atom stereocenters. The summed E-state index contributed by atoms with van der Waals surface area (Å²) < 4.78 is 11.6. The molecule has 0 saturated carbocycles. The summed E-state index contributed by atoms with van der Waals surface area (Å²) in [5.74, 6) is 0. The molecule has 0 saturated heterocycles. The van der Waals surface area contributed by atoms with Gasteiger partial charge in [0.15, 0.2) is 6.29 Å². The van der Waals surface area contributed by atoms with E-state index in [0.717, 1.165) is 17.6 Å². The van der Waals surface area contributed by atoms with Crippen LogP contribution in [0.4, 0.5) is 0 Å². The van der Waals surface area contributed by atoms with Crippen molar-refractivity contribution in [3.8, 4) is 0 Å². The molecule has 1 rings (SSSR count). The van der Waals surface area contributed by atoms with Crippen LogP contribution in [-0.4, -0.2) is 12.9 Å². The van der Waals surface area contributed by atoms with E-state index in [9.17, 15) is 0 Å². The maximum atomic E-state index is 5.79. The molecule has 0 radical (unpaired) electrons. The van der Waals surface area contributed by atoms with E-state index >= 15 is 0 Å². The molecule has 0 spiro atoms. The predicted molar refractivity (Wildman–Crippen MR) is 84.4 cm³/mol. The van der Waals surface area contributed by atoms with Gasteiger partial charge in [0.1, 0.15) is 0 Å². The van der Waals surface area contributed by atoms with E-state index < -0.39 is 0 Å². The van der Waals surface area contributed by atoms with Crippen LogP contribution in [0.3, 0.4) is 0 Å². The van der Waals surface area contributed by atoms with Gasteiger partial charge in [-0.1, -0.05) is 68.1 Å². The summed E-state index contributed by atoms with van der Waals surface area (Å²) in [6.45, 7) is 8.86. The van der Waals surface area contributed by atoms with Gasteiger partial charge in [-0.2, -0.15) is 0 Å². The Balaban J connectivity index is 2.43. The van der Waals surface area contributed by atoms with Crippen molar-refractivity contribution in [3.63, 3.8) is 0 Å². The minimum absolute atomic E-state index is 0.186. The van der Waals surface area contributed by atoms with E-state index in [1.54, 1.807) is 6.08 Å². The Bertz CT molecular complexity index is 432. The zero-order valence-corrected chi connectivity index (χ0v) is 12.4. The van der Waals surface area contributed by atoms with Gasteiger partial charge in [0.05, 0.1) is 13.2 Å². The summed E-state index contributed by atoms with van der Waals surface area (Å²) in [5.41, 5.74) is 2.24. The fourth-order valence-corrected chi connectivity index (χ4v) is 1.75. The number of allylic oxidation sites excluding steroid dienone is 3. The van der Waals surface area contributed by atoms with E-state index in [0.29, 0.717) is 13.2 Å². The molecule has 0 N–H and O–H groups in total. The van der Waals surface area contributed by atoms with Gasteiger partial charge in [0.2, 0.25) is 0 Å². The molecule has 20 heavy (non-hydrogen) atoms. The molecule has 0 aromatic heterocycles. The number of hydrogen-bond acceptors (Lipinski definition) is 2. The zero-order valence-electron chi connectivity index (χ0n) is 12.4. The predicted octanol–water partition coefficient (Wildman–Crippen LogP) is 4.64. The Morgan fingerprint density at radius 1 is 1.25 bits per heavy atom. The van der Waals surface area contributed by atoms with Gasteiger partial charge in [-0.15, -0.1) is 0 Å². The first-order valence-corrected chi connectivity index (χ1v) is 7.01. The molecular weight excluding hydrogens is 248 g/mol. The van der Waals surface area contributed by atoms with Crippen LogP contribution in [0.5, 0.6) is 0 Å². The molecule has 0 amide bonds. The third kappa shape index (κ3) is 6.50. The molecule has 1 unspecified atom stereocenters. The first kappa shape index (κ1) is 16.4. The van der Waals surface area contributed by atoms with Crippen molar-refractivity contribution in [2.75, 3.05) is 6.61 Å². The largest absolute Gasteiger partial charge is 0.348 e. The number of ether oxygens (including phenoxy) is 2. The number of rotatable bonds is 9. The molecule has 1 aromatic rings. The van der Waals surface area contributed by atoms with E-state index in [-0.39, 0.29) is 6.29 Å².